The zero-order chi connectivity index (χ0) is 25.5. The van der Waals surface area contributed by atoms with Gasteiger partial charge < -0.3 is 15.4 Å². The molecule has 5 nitrogen and oxygen atoms in total. The summed E-state index contributed by atoms with van der Waals surface area (Å²) in [5, 5.41) is 15.7. The minimum Gasteiger partial charge on any atom is -0.487 e. The van der Waals surface area contributed by atoms with Crippen LogP contribution in [0.2, 0.25) is 0 Å². The smallest absolute Gasteiger partial charge is 0.260 e. The molecule has 0 aliphatic carbocycles. The number of ether oxygens (including phenoxy) is 1. The maximum Gasteiger partial charge on any atom is 0.260 e. The molecule has 3 aromatic rings. The molecule has 0 spiro atoms. The van der Waals surface area contributed by atoms with Gasteiger partial charge in [0.2, 0.25) is 0 Å². The van der Waals surface area contributed by atoms with Gasteiger partial charge in [0.05, 0.1) is 21.0 Å². The Morgan fingerprint density at radius 1 is 1.19 bits per heavy atom. The molecule has 0 bridgehead atoms. The summed E-state index contributed by atoms with van der Waals surface area (Å²) < 4.78 is 6.91. The van der Waals surface area contributed by atoms with Crippen LogP contribution >= 0.6 is 27.7 Å². The maximum atomic E-state index is 12.6. The highest BCUT2D eigenvalue weighted by atomic mass is 79.9. The monoisotopic (exact) mass is 559 g/mol. The topological polar surface area (TPSA) is 74.2 Å². The van der Waals surface area contributed by atoms with Gasteiger partial charge in [-0.2, -0.15) is 5.26 Å². The number of hydrogen-bond donors (Lipinski definition) is 2. The van der Waals surface area contributed by atoms with Crippen molar-refractivity contribution < 1.29 is 9.53 Å². The lowest BCUT2D eigenvalue weighted by molar-refractivity contribution is -0.116. The van der Waals surface area contributed by atoms with Gasteiger partial charge in [0, 0.05) is 11.3 Å². The number of nitrogens with zero attached hydrogens (tertiary/aromatic N) is 1. The lowest BCUT2D eigenvalue weighted by Crippen LogP contribution is -2.30. The van der Waals surface area contributed by atoms with Crippen molar-refractivity contribution >= 4 is 45.4 Å². The average Bonchev–Trinajstić information content (AvgIpc) is 3.22. The third kappa shape index (κ3) is 6.20. The van der Waals surface area contributed by atoms with Crippen LogP contribution in [0.1, 0.15) is 34.7 Å². The zero-order valence-corrected chi connectivity index (χ0v) is 22.3. The van der Waals surface area contributed by atoms with Gasteiger partial charge >= 0.3 is 0 Å². The summed E-state index contributed by atoms with van der Waals surface area (Å²) in [6.45, 7) is 6.27. The van der Waals surface area contributed by atoms with E-state index in [9.17, 15) is 10.1 Å². The van der Waals surface area contributed by atoms with Crippen LogP contribution in [0.25, 0.3) is 6.08 Å². The number of carbonyl (C=O) groups excluding carboxylic acids is 1. The molecule has 0 saturated carbocycles. The fourth-order valence-corrected chi connectivity index (χ4v) is 5.45. The van der Waals surface area contributed by atoms with E-state index in [0.29, 0.717) is 22.6 Å². The predicted octanol–water partition coefficient (Wildman–Crippen LogP) is 6.79. The van der Waals surface area contributed by atoms with Crippen LogP contribution in [0, 0.1) is 11.3 Å². The molecule has 1 amide bonds. The van der Waals surface area contributed by atoms with E-state index in [0.717, 1.165) is 33.3 Å². The molecule has 1 aliphatic heterocycles. The summed E-state index contributed by atoms with van der Waals surface area (Å²) in [6, 6.07) is 21.8. The fraction of sp³-hybridized carbons (Fsp3) is 0.172. The van der Waals surface area contributed by atoms with Crippen molar-refractivity contribution in [2.75, 3.05) is 5.32 Å². The fourth-order valence-electron chi connectivity index (χ4n) is 3.84. The normalized spacial score (nSPS) is 15.9. The summed E-state index contributed by atoms with van der Waals surface area (Å²) in [4.78, 5) is 13.3. The van der Waals surface area contributed by atoms with Gasteiger partial charge in [-0.05, 0) is 81.9 Å². The summed E-state index contributed by atoms with van der Waals surface area (Å²) in [5.74, 6) is 0.584. The van der Waals surface area contributed by atoms with Crippen LogP contribution in [0.5, 0.6) is 5.75 Å². The quantitative estimate of drug-likeness (QED) is 0.223. The van der Waals surface area contributed by atoms with Gasteiger partial charge in [0.25, 0.3) is 5.91 Å². The van der Waals surface area contributed by atoms with Crippen LogP contribution in [0.15, 0.2) is 82.7 Å². The standard InChI is InChI=1S/C29H26BrN3O2S/c1-3-7-21-14-20(15-25(30)27(21)35-18-23-9-6-5-8-22(23)17-31)16-26-28(34)33-29(36-26)32-24-12-10-19(4-2)11-13-24/h3,5-6,8-16,29,32H,1,4,7,18H2,2H3,(H,33,34)/b26-16-/t29-/m0/s1. The largest absolute Gasteiger partial charge is 0.487 e. The van der Waals surface area contributed by atoms with Gasteiger partial charge in [0.1, 0.15) is 12.4 Å². The molecule has 36 heavy (non-hydrogen) atoms. The number of rotatable bonds is 9. The molecule has 7 heteroatoms. The van der Waals surface area contributed by atoms with Crippen molar-refractivity contribution in [1.29, 1.82) is 5.26 Å². The van der Waals surface area contributed by atoms with E-state index in [1.165, 1.54) is 17.3 Å². The highest BCUT2D eigenvalue weighted by Crippen LogP contribution is 2.35. The second-order valence-electron chi connectivity index (χ2n) is 8.22. The highest BCUT2D eigenvalue weighted by Gasteiger charge is 2.27. The van der Waals surface area contributed by atoms with Crippen LogP contribution in [0.3, 0.4) is 0 Å². The number of halogens is 1. The second kappa shape index (κ2) is 12.0. The Balaban J connectivity index is 1.51. The Morgan fingerprint density at radius 3 is 2.69 bits per heavy atom. The van der Waals surface area contributed by atoms with E-state index in [2.05, 4.69) is 58.3 Å². The SMILES string of the molecule is C=CCc1cc(/C=C2\S[C@@H](Nc3ccc(CC)cc3)NC2=O)cc(Br)c1OCc1ccccc1C#N. The molecule has 1 atom stereocenters. The molecular formula is C29H26BrN3O2S. The number of amides is 1. The second-order valence-corrected chi connectivity index (χ2v) is 10.2. The van der Waals surface area contributed by atoms with E-state index < -0.39 is 0 Å². The third-order valence-corrected chi connectivity index (χ3v) is 7.32. The van der Waals surface area contributed by atoms with Crippen LogP contribution in [0.4, 0.5) is 5.69 Å². The first-order valence-corrected chi connectivity index (χ1v) is 13.3. The van der Waals surface area contributed by atoms with Crippen molar-refractivity contribution in [3.63, 3.8) is 0 Å². The van der Waals surface area contributed by atoms with Crippen molar-refractivity contribution in [2.24, 2.45) is 0 Å². The third-order valence-electron chi connectivity index (χ3n) is 5.71. The van der Waals surface area contributed by atoms with Crippen molar-refractivity contribution in [1.82, 2.24) is 5.32 Å². The molecule has 3 aromatic carbocycles. The molecule has 0 radical (unpaired) electrons. The summed E-state index contributed by atoms with van der Waals surface area (Å²) in [7, 11) is 0. The predicted molar refractivity (Wildman–Crippen MR) is 150 cm³/mol. The number of carbonyl (C=O) groups is 1. The molecule has 1 heterocycles. The Kier molecular flexibility index (Phi) is 8.52. The van der Waals surface area contributed by atoms with Gasteiger partial charge in [-0.25, -0.2) is 0 Å². The lowest BCUT2D eigenvalue weighted by Gasteiger charge is -2.15. The minimum atomic E-state index is -0.241. The Bertz CT molecular complexity index is 1350. The number of aryl methyl sites for hydroxylation is 1. The Morgan fingerprint density at radius 2 is 1.97 bits per heavy atom. The summed E-state index contributed by atoms with van der Waals surface area (Å²) >= 11 is 5.09. The zero-order valence-electron chi connectivity index (χ0n) is 19.9. The van der Waals surface area contributed by atoms with E-state index in [1.54, 1.807) is 6.07 Å². The molecular weight excluding hydrogens is 534 g/mol. The van der Waals surface area contributed by atoms with E-state index >= 15 is 0 Å². The number of thioether (sulfide) groups is 1. The Labute approximate surface area is 224 Å². The molecule has 0 unspecified atom stereocenters. The molecule has 1 aliphatic rings. The van der Waals surface area contributed by atoms with Crippen LogP contribution in [-0.2, 0) is 24.2 Å². The number of allylic oxidation sites excluding steroid dienone is 1. The lowest BCUT2D eigenvalue weighted by atomic mass is 10.1. The van der Waals surface area contributed by atoms with E-state index in [1.807, 2.05) is 54.6 Å². The first-order valence-electron chi connectivity index (χ1n) is 11.6. The maximum absolute atomic E-state index is 12.6. The van der Waals surface area contributed by atoms with Crippen molar-refractivity contribution in [3.05, 3.63) is 111 Å². The van der Waals surface area contributed by atoms with Crippen molar-refractivity contribution in [3.8, 4) is 11.8 Å². The van der Waals surface area contributed by atoms with Gasteiger partial charge in [-0.15, -0.1) is 6.58 Å². The van der Waals surface area contributed by atoms with Gasteiger partial charge in [-0.3, -0.25) is 4.79 Å². The number of anilines is 1. The molecule has 1 saturated heterocycles. The highest BCUT2D eigenvalue weighted by molar-refractivity contribution is 9.10. The first kappa shape index (κ1) is 25.6. The van der Waals surface area contributed by atoms with Gasteiger partial charge in [-0.1, -0.05) is 55.1 Å². The average molecular weight is 561 g/mol. The molecule has 1 fully saturated rings. The molecule has 0 aromatic heterocycles. The van der Waals surface area contributed by atoms with Gasteiger partial charge in [0.15, 0.2) is 5.50 Å². The van der Waals surface area contributed by atoms with Crippen molar-refractivity contribution in [2.45, 2.75) is 31.9 Å². The molecule has 4 rings (SSSR count). The van der Waals surface area contributed by atoms with Crippen LogP contribution in [-0.4, -0.2) is 11.4 Å². The van der Waals surface area contributed by atoms with Crippen LogP contribution < -0.4 is 15.4 Å². The molecule has 182 valence electrons. The summed E-state index contributed by atoms with van der Waals surface area (Å²) in [5.41, 5.74) is 5.23. The number of benzene rings is 3. The Hall–Kier alpha value is -3.47. The number of nitriles is 1. The van der Waals surface area contributed by atoms with E-state index in [4.69, 9.17) is 4.74 Å². The first-order chi connectivity index (χ1) is 17.5. The number of hydrogen-bond acceptors (Lipinski definition) is 5. The number of nitrogens with one attached hydrogen (secondary N) is 2. The molecule has 2 N–H and O–H groups in total. The van der Waals surface area contributed by atoms with E-state index in [-0.39, 0.29) is 18.0 Å². The summed E-state index contributed by atoms with van der Waals surface area (Å²) in [6.07, 6.45) is 5.29. The minimum absolute atomic E-state index is 0.113.